The molecule has 0 aliphatic heterocycles. The van der Waals surface area contributed by atoms with E-state index in [1.807, 2.05) is 41.0 Å². The monoisotopic (exact) mass is 396 g/mol. The smallest absolute Gasteiger partial charge is 0.230 e. The SMILES string of the molecule is Cc1ccc(CNC(=O)CSc2nnc(C3CC3)n2-c2ccccc2)cc1F. The van der Waals surface area contributed by atoms with Crippen molar-refractivity contribution in [2.24, 2.45) is 0 Å². The van der Waals surface area contributed by atoms with Crippen molar-refractivity contribution in [1.82, 2.24) is 20.1 Å². The molecule has 0 spiro atoms. The molecule has 0 atom stereocenters. The molecule has 28 heavy (non-hydrogen) atoms. The van der Waals surface area contributed by atoms with Gasteiger partial charge in [-0.25, -0.2) is 4.39 Å². The normalized spacial score (nSPS) is 13.5. The van der Waals surface area contributed by atoms with Gasteiger partial charge in [-0.15, -0.1) is 10.2 Å². The molecule has 2 aromatic carbocycles. The van der Waals surface area contributed by atoms with Crippen molar-refractivity contribution in [3.63, 3.8) is 0 Å². The Morgan fingerprint density at radius 1 is 1.21 bits per heavy atom. The zero-order valence-electron chi connectivity index (χ0n) is 15.6. The largest absolute Gasteiger partial charge is 0.351 e. The minimum Gasteiger partial charge on any atom is -0.351 e. The van der Waals surface area contributed by atoms with Gasteiger partial charge in [0.2, 0.25) is 5.91 Å². The molecule has 3 aromatic rings. The average Bonchev–Trinajstić information content (AvgIpc) is 3.47. The van der Waals surface area contributed by atoms with Crippen LogP contribution in [-0.2, 0) is 11.3 Å². The van der Waals surface area contributed by atoms with E-state index in [1.165, 1.54) is 17.8 Å². The third-order valence-corrected chi connectivity index (χ3v) is 5.60. The molecule has 1 aliphatic rings. The summed E-state index contributed by atoms with van der Waals surface area (Å²) in [5.74, 6) is 1.26. The van der Waals surface area contributed by atoms with Crippen LogP contribution in [0.2, 0.25) is 0 Å². The van der Waals surface area contributed by atoms with Crippen molar-refractivity contribution in [2.45, 2.75) is 37.4 Å². The molecule has 7 heteroatoms. The lowest BCUT2D eigenvalue weighted by Gasteiger charge is -2.10. The third-order valence-electron chi connectivity index (χ3n) is 4.67. The van der Waals surface area contributed by atoms with Gasteiger partial charge in [-0.2, -0.15) is 0 Å². The number of benzene rings is 2. The molecule has 0 radical (unpaired) electrons. The fraction of sp³-hybridized carbons (Fsp3) is 0.286. The number of aryl methyl sites for hydroxylation is 1. The number of hydrogen-bond acceptors (Lipinski definition) is 4. The van der Waals surface area contributed by atoms with E-state index in [2.05, 4.69) is 15.5 Å². The van der Waals surface area contributed by atoms with E-state index >= 15 is 0 Å². The average molecular weight is 396 g/mol. The van der Waals surface area contributed by atoms with Gasteiger partial charge < -0.3 is 5.32 Å². The van der Waals surface area contributed by atoms with E-state index in [9.17, 15) is 9.18 Å². The number of aromatic nitrogens is 3. The minimum atomic E-state index is -0.260. The summed E-state index contributed by atoms with van der Waals surface area (Å²) < 4.78 is 15.7. The van der Waals surface area contributed by atoms with Crippen molar-refractivity contribution in [3.05, 3.63) is 71.3 Å². The number of amides is 1. The number of carbonyl (C=O) groups is 1. The van der Waals surface area contributed by atoms with Crippen LogP contribution >= 0.6 is 11.8 Å². The number of nitrogens with one attached hydrogen (secondary N) is 1. The summed E-state index contributed by atoms with van der Waals surface area (Å²) in [7, 11) is 0. The summed E-state index contributed by atoms with van der Waals surface area (Å²) in [6.07, 6.45) is 2.26. The molecule has 0 saturated heterocycles. The lowest BCUT2D eigenvalue weighted by Crippen LogP contribution is -2.24. The molecule has 144 valence electrons. The fourth-order valence-corrected chi connectivity index (χ4v) is 3.72. The van der Waals surface area contributed by atoms with E-state index in [1.54, 1.807) is 13.0 Å². The third kappa shape index (κ3) is 4.25. The Bertz CT molecular complexity index is 985. The molecule has 1 fully saturated rings. The minimum absolute atomic E-state index is 0.124. The summed E-state index contributed by atoms with van der Waals surface area (Å²) in [4.78, 5) is 12.3. The molecule has 0 bridgehead atoms. The van der Waals surface area contributed by atoms with Crippen LogP contribution in [-0.4, -0.2) is 26.4 Å². The Kier molecular flexibility index (Phi) is 5.43. The number of hydrogen-bond donors (Lipinski definition) is 1. The van der Waals surface area contributed by atoms with Crippen LogP contribution in [0.15, 0.2) is 53.7 Å². The molecule has 1 amide bonds. The Labute approximate surface area is 167 Å². The molecule has 4 rings (SSSR count). The number of halogens is 1. The standard InChI is InChI=1S/C21H21FN4OS/c1-14-7-8-15(11-18(14)22)12-23-19(27)13-28-21-25-24-20(16-9-10-16)26(21)17-5-3-2-4-6-17/h2-8,11,16H,9-10,12-13H2,1H3,(H,23,27). The predicted octanol–water partition coefficient (Wildman–Crippen LogP) is 4.00. The van der Waals surface area contributed by atoms with Crippen LogP contribution in [0.3, 0.4) is 0 Å². The summed E-state index contributed by atoms with van der Waals surface area (Å²) in [6.45, 7) is 2.02. The first-order chi connectivity index (χ1) is 13.6. The van der Waals surface area contributed by atoms with Gasteiger partial charge in [-0.3, -0.25) is 9.36 Å². The highest BCUT2D eigenvalue weighted by Crippen LogP contribution is 2.41. The van der Waals surface area contributed by atoms with Gasteiger partial charge in [-0.05, 0) is 49.1 Å². The van der Waals surface area contributed by atoms with Crippen molar-refractivity contribution in [1.29, 1.82) is 0 Å². The topological polar surface area (TPSA) is 59.8 Å². The second-order valence-corrected chi connectivity index (χ2v) is 7.88. The predicted molar refractivity (Wildman–Crippen MR) is 107 cm³/mol. The molecular weight excluding hydrogens is 375 g/mol. The van der Waals surface area contributed by atoms with E-state index in [-0.39, 0.29) is 17.5 Å². The van der Waals surface area contributed by atoms with E-state index in [0.717, 1.165) is 29.9 Å². The lowest BCUT2D eigenvalue weighted by molar-refractivity contribution is -0.118. The summed E-state index contributed by atoms with van der Waals surface area (Å²) in [5, 5.41) is 12.2. The second kappa shape index (κ2) is 8.14. The number of para-hydroxylation sites is 1. The quantitative estimate of drug-likeness (QED) is 0.613. The Morgan fingerprint density at radius 3 is 2.71 bits per heavy atom. The summed E-state index contributed by atoms with van der Waals surface area (Å²) in [6, 6.07) is 15.0. The lowest BCUT2D eigenvalue weighted by atomic mass is 10.1. The van der Waals surface area contributed by atoms with Crippen LogP contribution in [0, 0.1) is 12.7 Å². The fourth-order valence-electron chi connectivity index (χ4n) is 2.93. The van der Waals surface area contributed by atoms with Crippen LogP contribution < -0.4 is 5.32 Å². The van der Waals surface area contributed by atoms with Gasteiger partial charge in [0.15, 0.2) is 5.16 Å². The van der Waals surface area contributed by atoms with Crippen molar-refractivity contribution in [2.75, 3.05) is 5.75 Å². The van der Waals surface area contributed by atoms with Gasteiger partial charge >= 0.3 is 0 Å². The van der Waals surface area contributed by atoms with Gasteiger partial charge in [0.05, 0.1) is 5.75 Å². The number of carbonyl (C=O) groups excluding carboxylic acids is 1. The first kappa shape index (κ1) is 18.7. The first-order valence-corrected chi connectivity index (χ1v) is 10.3. The molecule has 0 unspecified atom stereocenters. The first-order valence-electron chi connectivity index (χ1n) is 9.27. The van der Waals surface area contributed by atoms with Gasteiger partial charge in [0.1, 0.15) is 11.6 Å². The van der Waals surface area contributed by atoms with Gasteiger partial charge in [0, 0.05) is 18.2 Å². The van der Waals surface area contributed by atoms with Gasteiger partial charge in [0.25, 0.3) is 0 Å². The number of rotatable bonds is 7. The van der Waals surface area contributed by atoms with Crippen molar-refractivity contribution < 1.29 is 9.18 Å². The van der Waals surface area contributed by atoms with E-state index in [4.69, 9.17) is 0 Å². The molecule has 1 aliphatic carbocycles. The maximum Gasteiger partial charge on any atom is 0.230 e. The van der Waals surface area contributed by atoms with E-state index in [0.29, 0.717) is 23.2 Å². The molecule has 1 aromatic heterocycles. The Balaban J connectivity index is 1.40. The highest BCUT2D eigenvalue weighted by atomic mass is 32.2. The second-order valence-electron chi connectivity index (χ2n) is 6.93. The summed E-state index contributed by atoms with van der Waals surface area (Å²) >= 11 is 1.36. The van der Waals surface area contributed by atoms with Crippen molar-refractivity contribution in [3.8, 4) is 5.69 Å². The van der Waals surface area contributed by atoms with Crippen LogP contribution in [0.4, 0.5) is 4.39 Å². The molecular formula is C21H21FN4OS. The number of nitrogens with zero attached hydrogens (tertiary/aromatic N) is 3. The highest BCUT2D eigenvalue weighted by Gasteiger charge is 2.31. The molecule has 1 N–H and O–H groups in total. The molecule has 5 nitrogen and oxygen atoms in total. The maximum absolute atomic E-state index is 13.6. The Hall–Kier alpha value is -2.67. The molecule has 1 heterocycles. The van der Waals surface area contributed by atoms with Crippen LogP contribution in [0.5, 0.6) is 0 Å². The van der Waals surface area contributed by atoms with Crippen LogP contribution in [0.25, 0.3) is 5.69 Å². The highest BCUT2D eigenvalue weighted by molar-refractivity contribution is 7.99. The maximum atomic E-state index is 13.6. The van der Waals surface area contributed by atoms with E-state index < -0.39 is 0 Å². The zero-order chi connectivity index (χ0) is 19.5. The zero-order valence-corrected chi connectivity index (χ0v) is 16.4. The molecule has 1 saturated carbocycles. The Morgan fingerprint density at radius 2 is 2.00 bits per heavy atom. The van der Waals surface area contributed by atoms with Crippen molar-refractivity contribution >= 4 is 17.7 Å². The summed E-state index contributed by atoms with van der Waals surface area (Å²) in [5.41, 5.74) is 2.34. The number of thioether (sulfide) groups is 1. The van der Waals surface area contributed by atoms with Gasteiger partial charge in [-0.1, -0.05) is 42.1 Å². The van der Waals surface area contributed by atoms with Crippen LogP contribution in [0.1, 0.15) is 35.7 Å².